The Morgan fingerprint density at radius 2 is 2.12 bits per heavy atom. The smallest absolute Gasteiger partial charge is 0.123 e. The lowest BCUT2D eigenvalue weighted by Gasteiger charge is -2.21. The highest BCUT2D eigenvalue weighted by Gasteiger charge is 2.09. The SMILES string of the molecule is COc1ccccc1CN(C)CC(O)CCN. The number of hydrogen-bond donors (Lipinski definition) is 2. The van der Waals surface area contributed by atoms with E-state index in [2.05, 4.69) is 4.90 Å². The predicted octanol–water partition coefficient (Wildman–Crippen LogP) is 0.837. The van der Waals surface area contributed by atoms with Gasteiger partial charge in [-0.25, -0.2) is 0 Å². The van der Waals surface area contributed by atoms with Crippen LogP contribution >= 0.6 is 0 Å². The Balaban J connectivity index is 2.52. The summed E-state index contributed by atoms with van der Waals surface area (Å²) in [5.74, 6) is 0.882. The molecule has 0 spiro atoms. The minimum absolute atomic E-state index is 0.361. The molecule has 96 valence electrons. The first-order chi connectivity index (χ1) is 8.17. The molecule has 17 heavy (non-hydrogen) atoms. The van der Waals surface area contributed by atoms with Crippen LogP contribution in [0, 0.1) is 0 Å². The molecule has 4 heteroatoms. The Morgan fingerprint density at radius 1 is 1.41 bits per heavy atom. The maximum Gasteiger partial charge on any atom is 0.123 e. The van der Waals surface area contributed by atoms with Crippen molar-refractivity contribution >= 4 is 0 Å². The first-order valence-electron chi connectivity index (χ1n) is 5.86. The first-order valence-corrected chi connectivity index (χ1v) is 5.86. The summed E-state index contributed by atoms with van der Waals surface area (Å²) in [6.07, 6.45) is 0.274. The first kappa shape index (κ1) is 14.0. The standard InChI is InChI=1S/C13H22N2O2/c1-15(10-12(16)7-8-14)9-11-5-3-4-6-13(11)17-2/h3-6,12,16H,7-10,14H2,1-2H3. The van der Waals surface area contributed by atoms with Crippen LogP contribution in [0.2, 0.25) is 0 Å². The molecule has 0 aliphatic heterocycles. The highest BCUT2D eigenvalue weighted by Crippen LogP contribution is 2.18. The van der Waals surface area contributed by atoms with E-state index in [1.165, 1.54) is 0 Å². The zero-order valence-corrected chi connectivity index (χ0v) is 10.6. The van der Waals surface area contributed by atoms with Crippen molar-refractivity contribution in [1.29, 1.82) is 0 Å². The largest absolute Gasteiger partial charge is 0.496 e. The van der Waals surface area contributed by atoms with Gasteiger partial charge in [0.15, 0.2) is 0 Å². The van der Waals surface area contributed by atoms with Gasteiger partial charge in [0.05, 0.1) is 13.2 Å². The van der Waals surface area contributed by atoms with Gasteiger partial charge in [-0.05, 0) is 26.1 Å². The van der Waals surface area contributed by atoms with Crippen molar-refractivity contribution in [1.82, 2.24) is 4.90 Å². The molecule has 1 aromatic rings. The number of likely N-dealkylation sites (N-methyl/N-ethyl adjacent to an activating group) is 1. The number of aliphatic hydroxyl groups is 1. The molecule has 0 aromatic heterocycles. The highest BCUT2D eigenvalue weighted by molar-refractivity contribution is 5.32. The van der Waals surface area contributed by atoms with Crippen molar-refractivity contribution in [2.75, 3.05) is 27.2 Å². The zero-order chi connectivity index (χ0) is 12.7. The number of para-hydroxylation sites is 1. The summed E-state index contributed by atoms with van der Waals surface area (Å²) in [4.78, 5) is 2.07. The Labute approximate surface area is 103 Å². The second kappa shape index (κ2) is 7.27. The van der Waals surface area contributed by atoms with Crippen LogP contribution < -0.4 is 10.5 Å². The van der Waals surface area contributed by atoms with E-state index >= 15 is 0 Å². The van der Waals surface area contributed by atoms with Crippen LogP contribution in [0.1, 0.15) is 12.0 Å². The van der Waals surface area contributed by atoms with Gasteiger partial charge in [0.1, 0.15) is 5.75 Å². The topological polar surface area (TPSA) is 58.7 Å². The number of hydrogen-bond acceptors (Lipinski definition) is 4. The third kappa shape index (κ3) is 4.73. The molecule has 1 unspecified atom stereocenters. The number of ether oxygens (including phenoxy) is 1. The average Bonchev–Trinajstić information content (AvgIpc) is 2.29. The number of nitrogens with zero attached hydrogens (tertiary/aromatic N) is 1. The van der Waals surface area contributed by atoms with Gasteiger partial charge in [0.2, 0.25) is 0 Å². The van der Waals surface area contributed by atoms with Crippen LogP contribution in [0.15, 0.2) is 24.3 Å². The van der Waals surface area contributed by atoms with Gasteiger partial charge >= 0.3 is 0 Å². The Kier molecular flexibility index (Phi) is 5.97. The van der Waals surface area contributed by atoms with Gasteiger partial charge in [-0.2, -0.15) is 0 Å². The van der Waals surface area contributed by atoms with E-state index < -0.39 is 0 Å². The molecule has 0 saturated carbocycles. The Bertz CT molecular complexity index is 331. The summed E-state index contributed by atoms with van der Waals surface area (Å²) in [5.41, 5.74) is 6.53. The predicted molar refractivity (Wildman–Crippen MR) is 69.0 cm³/mol. The average molecular weight is 238 g/mol. The van der Waals surface area contributed by atoms with E-state index in [1.807, 2.05) is 31.3 Å². The second-order valence-electron chi connectivity index (χ2n) is 4.24. The van der Waals surface area contributed by atoms with Gasteiger partial charge in [-0.3, -0.25) is 4.90 Å². The molecule has 0 aliphatic rings. The molecular formula is C13H22N2O2. The van der Waals surface area contributed by atoms with Crippen LogP contribution in [-0.4, -0.2) is 43.4 Å². The summed E-state index contributed by atoms with van der Waals surface area (Å²) in [5, 5.41) is 9.67. The van der Waals surface area contributed by atoms with Gasteiger partial charge in [0.25, 0.3) is 0 Å². The molecule has 1 rings (SSSR count). The number of nitrogens with two attached hydrogens (primary N) is 1. The van der Waals surface area contributed by atoms with Crippen LogP contribution in [0.4, 0.5) is 0 Å². The number of benzene rings is 1. The molecule has 0 bridgehead atoms. The molecule has 4 nitrogen and oxygen atoms in total. The number of methoxy groups -OCH3 is 1. The Morgan fingerprint density at radius 3 is 2.76 bits per heavy atom. The van der Waals surface area contributed by atoms with E-state index in [9.17, 15) is 5.11 Å². The molecule has 0 aliphatic carbocycles. The maximum atomic E-state index is 9.67. The second-order valence-corrected chi connectivity index (χ2v) is 4.24. The van der Waals surface area contributed by atoms with E-state index in [0.29, 0.717) is 19.5 Å². The maximum absolute atomic E-state index is 9.67. The van der Waals surface area contributed by atoms with Crippen molar-refractivity contribution in [3.8, 4) is 5.75 Å². The van der Waals surface area contributed by atoms with Gasteiger partial charge < -0.3 is 15.6 Å². The minimum atomic E-state index is -0.361. The fourth-order valence-corrected chi connectivity index (χ4v) is 1.83. The van der Waals surface area contributed by atoms with E-state index in [0.717, 1.165) is 17.9 Å². The van der Waals surface area contributed by atoms with Crippen LogP contribution in [0.3, 0.4) is 0 Å². The molecule has 0 saturated heterocycles. The molecule has 0 heterocycles. The van der Waals surface area contributed by atoms with E-state index in [1.54, 1.807) is 7.11 Å². The van der Waals surface area contributed by atoms with Crippen molar-refractivity contribution in [2.45, 2.75) is 19.1 Å². The molecule has 0 amide bonds. The quantitative estimate of drug-likeness (QED) is 0.739. The molecule has 0 radical (unpaired) electrons. The van der Waals surface area contributed by atoms with Crippen LogP contribution in [0.5, 0.6) is 5.75 Å². The summed E-state index contributed by atoms with van der Waals surface area (Å²) in [7, 11) is 3.65. The lowest BCUT2D eigenvalue weighted by Crippen LogP contribution is -2.30. The summed E-state index contributed by atoms with van der Waals surface area (Å²) in [6, 6.07) is 7.91. The number of rotatable bonds is 7. The van der Waals surface area contributed by atoms with Crippen molar-refractivity contribution in [2.24, 2.45) is 5.73 Å². The summed E-state index contributed by atoms with van der Waals surface area (Å²) < 4.78 is 5.29. The van der Waals surface area contributed by atoms with Crippen molar-refractivity contribution in [3.63, 3.8) is 0 Å². The minimum Gasteiger partial charge on any atom is -0.496 e. The number of aliphatic hydroxyl groups excluding tert-OH is 1. The molecular weight excluding hydrogens is 216 g/mol. The third-order valence-corrected chi connectivity index (χ3v) is 2.66. The van der Waals surface area contributed by atoms with E-state index in [4.69, 9.17) is 10.5 Å². The summed E-state index contributed by atoms with van der Waals surface area (Å²) in [6.45, 7) is 1.89. The normalized spacial score (nSPS) is 12.8. The third-order valence-electron chi connectivity index (χ3n) is 2.66. The van der Waals surface area contributed by atoms with Crippen LogP contribution in [-0.2, 0) is 6.54 Å². The summed E-state index contributed by atoms with van der Waals surface area (Å²) >= 11 is 0. The molecule has 0 fully saturated rings. The monoisotopic (exact) mass is 238 g/mol. The van der Waals surface area contributed by atoms with Gasteiger partial charge in [0, 0.05) is 18.7 Å². The van der Waals surface area contributed by atoms with Gasteiger partial charge in [-0.1, -0.05) is 18.2 Å². The lowest BCUT2D eigenvalue weighted by molar-refractivity contribution is 0.117. The lowest BCUT2D eigenvalue weighted by atomic mass is 10.1. The molecule has 3 N–H and O–H groups in total. The zero-order valence-electron chi connectivity index (χ0n) is 10.6. The Hall–Kier alpha value is -1.10. The highest BCUT2D eigenvalue weighted by atomic mass is 16.5. The van der Waals surface area contributed by atoms with Crippen molar-refractivity contribution in [3.05, 3.63) is 29.8 Å². The van der Waals surface area contributed by atoms with Crippen LogP contribution in [0.25, 0.3) is 0 Å². The molecule has 1 aromatic carbocycles. The fourth-order valence-electron chi connectivity index (χ4n) is 1.83. The van der Waals surface area contributed by atoms with Crippen molar-refractivity contribution < 1.29 is 9.84 Å². The van der Waals surface area contributed by atoms with Gasteiger partial charge in [-0.15, -0.1) is 0 Å². The fraction of sp³-hybridized carbons (Fsp3) is 0.538. The molecule has 1 atom stereocenters. The van der Waals surface area contributed by atoms with E-state index in [-0.39, 0.29) is 6.10 Å².